The van der Waals surface area contributed by atoms with Crippen LogP contribution >= 0.6 is 11.8 Å². The van der Waals surface area contributed by atoms with Gasteiger partial charge < -0.3 is 15.5 Å². The van der Waals surface area contributed by atoms with E-state index in [-0.39, 0.29) is 21.7 Å². The zero-order chi connectivity index (χ0) is 22.7. The van der Waals surface area contributed by atoms with Gasteiger partial charge >= 0.3 is 11.9 Å². The standard InChI is InChI=1S/C20H13FN2O7S/c21-13-3-1-10(2-4-13)5-15-17(25)23(20(30)31-15)9-16(24)22-14-7-11(18(26)27)6-12(8-14)19(28)29/h1-8H,9H2,(H,22,24)(H,26,27)(H,28,29)/b15-5-. The van der Waals surface area contributed by atoms with E-state index >= 15 is 0 Å². The quantitative estimate of drug-likeness (QED) is 0.578. The summed E-state index contributed by atoms with van der Waals surface area (Å²) >= 11 is 0.611. The van der Waals surface area contributed by atoms with Crippen LogP contribution in [0.3, 0.4) is 0 Å². The maximum atomic E-state index is 13.0. The summed E-state index contributed by atoms with van der Waals surface area (Å²) in [6.07, 6.45) is 1.39. The maximum absolute atomic E-state index is 13.0. The second-order valence-corrected chi connectivity index (χ2v) is 7.27. The number of nitrogens with one attached hydrogen (secondary N) is 1. The molecule has 2 aromatic carbocycles. The highest BCUT2D eigenvalue weighted by atomic mass is 32.2. The number of thioether (sulfide) groups is 1. The van der Waals surface area contributed by atoms with Crippen molar-refractivity contribution >= 4 is 52.5 Å². The highest BCUT2D eigenvalue weighted by Crippen LogP contribution is 2.32. The smallest absolute Gasteiger partial charge is 0.335 e. The van der Waals surface area contributed by atoms with E-state index in [0.29, 0.717) is 22.2 Å². The molecule has 0 saturated carbocycles. The minimum Gasteiger partial charge on any atom is -0.478 e. The maximum Gasteiger partial charge on any atom is 0.335 e. The van der Waals surface area contributed by atoms with Crippen molar-refractivity contribution in [2.45, 2.75) is 0 Å². The molecule has 31 heavy (non-hydrogen) atoms. The van der Waals surface area contributed by atoms with Crippen LogP contribution in [0, 0.1) is 5.82 Å². The molecule has 0 aromatic heterocycles. The summed E-state index contributed by atoms with van der Waals surface area (Å²) in [4.78, 5) is 60.0. The van der Waals surface area contributed by atoms with Gasteiger partial charge in [-0.05, 0) is 53.7 Å². The third kappa shape index (κ3) is 5.14. The molecular formula is C20H13FN2O7S. The van der Waals surface area contributed by atoms with E-state index in [9.17, 15) is 28.4 Å². The first kappa shape index (κ1) is 21.7. The molecule has 9 nitrogen and oxygen atoms in total. The fraction of sp³-hybridized carbons (Fsp3) is 0.0500. The average molecular weight is 444 g/mol. The number of benzene rings is 2. The van der Waals surface area contributed by atoms with Gasteiger partial charge in [0.15, 0.2) is 0 Å². The number of carbonyl (C=O) groups excluding carboxylic acids is 3. The molecule has 3 N–H and O–H groups in total. The first-order chi connectivity index (χ1) is 14.6. The molecule has 11 heteroatoms. The van der Waals surface area contributed by atoms with Crippen LogP contribution in [0.1, 0.15) is 26.3 Å². The highest BCUT2D eigenvalue weighted by molar-refractivity contribution is 8.18. The van der Waals surface area contributed by atoms with Gasteiger partial charge in [-0.25, -0.2) is 14.0 Å². The molecule has 2 aromatic rings. The molecule has 1 aliphatic heterocycles. The topological polar surface area (TPSA) is 141 Å². The fourth-order valence-corrected chi connectivity index (χ4v) is 3.48. The molecule has 0 unspecified atom stereocenters. The Kier molecular flexibility index (Phi) is 6.16. The summed E-state index contributed by atoms with van der Waals surface area (Å²) in [5.41, 5.74) is -0.341. The molecule has 1 saturated heterocycles. The molecule has 3 amide bonds. The number of nitrogens with zero attached hydrogens (tertiary/aromatic N) is 1. The molecule has 0 bridgehead atoms. The molecule has 158 valence electrons. The van der Waals surface area contributed by atoms with Gasteiger partial charge in [0.1, 0.15) is 12.4 Å². The number of carbonyl (C=O) groups is 5. The summed E-state index contributed by atoms with van der Waals surface area (Å²) in [5.74, 6) is -4.80. The van der Waals surface area contributed by atoms with Gasteiger partial charge in [-0.3, -0.25) is 19.3 Å². The van der Waals surface area contributed by atoms with E-state index in [2.05, 4.69) is 5.32 Å². The van der Waals surface area contributed by atoms with Crippen molar-refractivity contribution in [2.75, 3.05) is 11.9 Å². The minimum atomic E-state index is -1.39. The van der Waals surface area contributed by atoms with Gasteiger partial charge in [0.2, 0.25) is 5.91 Å². The van der Waals surface area contributed by atoms with Crippen LogP contribution in [0.2, 0.25) is 0 Å². The SMILES string of the molecule is O=C(CN1C(=O)S/C(=C\c2ccc(F)cc2)C1=O)Nc1cc(C(=O)O)cc(C(=O)O)c1. The normalized spacial score (nSPS) is 14.7. The van der Waals surface area contributed by atoms with Gasteiger partial charge in [0, 0.05) is 5.69 Å². The lowest BCUT2D eigenvalue weighted by Gasteiger charge is -2.13. The van der Waals surface area contributed by atoms with Crippen LogP contribution in [0.5, 0.6) is 0 Å². The fourth-order valence-electron chi connectivity index (χ4n) is 2.64. The number of aromatic carboxylic acids is 2. The lowest BCUT2D eigenvalue weighted by atomic mass is 10.1. The van der Waals surface area contributed by atoms with Crippen LogP contribution in [-0.4, -0.2) is 50.6 Å². The molecule has 0 aliphatic carbocycles. The third-order valence-corrected chi connectivity index (χ3v) is 4.96. The largest absolute Gasteiger partial charge is 0.478 e. The Hall–Kier alpha value is -3.99. The highest BCUT2D eigenvalue weighted by Gasteiger charge is 2.36. The third-order valence-electron chi connectivity index (χ3n) is 4.05. The number of amides is 3. The summed E-state index contributed by atoms with van der Waals surface area (Å²) in [5, 5.41) is 19.8. The number of hydrogen-bond donors (Lipinski definition) is 3. The monoisotopic (exact) mass is 444 g/mol. The number of carboxylic acids is 2. The van der Waals surface area contributed by atoms with E-state index in [1.54, 1.807) is 0 Å². The first-order valence-electron chi connectivity index (χ1n) is 8.56. The van der Waals surface area contributed by atoms with Crippen LogP contribution in [0.15, 0.2) is 47.4 Å². The number of rotatable bonds is 6. The van der Waals surface area contributed by atoms with E-state index < -0.39 is 41.4 Å². The van der Waals surface area contributed by atoms with Crippen molar-refractivity contribution in [3.63, 3.8) is 0 Å². The van der Waals surface area contributed by atoms with Crippen LogP contribution < -0.4 is 5.32 Å². The number of anilines is 1. The summed E-state index contributed by atoms with van der Waals surface area (Å²) < 4.78 is 13.0. The van der Waals surface area contributed by atoms with E-state index in [0.717, 1.165) is 18.2 Å². The van der Waals surface area contributed by atoms with Crippen molar-refractivity contribution in [3.8, 4) is 0 Å². The zero-order valence-electron chi connectivity index (χ0n) is 15.5. The predicted molar refractivity (Wildman–Crippen MR) is 108 cm³/mol. The molecule has 0 spiro atoms. The van der Waals surface area contributed by atoms with Gasteiger partial charge in [0.25, 0.3) is 11.1 Å². The Bertz CT molecular complexity index is 1110. The Morgan fingerprint density at radius 2 is 1.58 bits per heavy atom. The van der Waals surface area contributed by atoms with Crippen LogP contribution in [0.25, 0.3) is 6.08 Å². The predicted octanol–water partition coefficient (Wildman–Crippen LogP) is 2.90. The van der Waals surface area contributed by atoms with E-state index in [1.165, 1.54) is 30.3 Å². The molecule has 1 fully saturated rings. The van der Waals surface area contributed by atoms with Crippen molar-refractivity contribution in [3.05, 3.63) is 69.9 Å². The van der Waals surface area contributed by atoms with Crippen molar-refractivity contribution in [1.29, 1.82) is 0 Å². The Morgan fingerprint density at radius 3 is 2.13 bits per heavy atom. The number of hydrogen-bond acceptors (Lipinski definition) is 6. The second-order valence-electron chi connectivity index (χ2n) is 6.28. The lowest BCUT2D eigenvalue weighted by Crippen LogP contribution is -2.36. The molecule has 1 heterocycles. The van der Waals surface area contributed by atoms with E-state index in [1.807, 2.05) is 0 Å². The Labute approximate surface area is 178 Å². The van der Waals surface area contributed by atoms with Crippen LogP contribution in [-0.2, 0) is 9.59 Å². The zero-order valence-corrected chi connectivity index (χ0v) is 16.3. The molecule has 0 atom stereocenters. The Balaban J connectivity index is 1.74. The van der Waals surface area contributed by atoms with E-state index in [4.69, 9.17) is 10.2 Å². The van der Waals surface area contributed by atoms with Gasteiger partial charge in [-0.2, -0.15) is 0 Å². The van der Waals surface area contributed by atoms with Crippen molar-refractivity contribution in [2.24, 2.45) is 0 Å². The van der Waals surface area contributed by atoms with Crippen LogP contribution in [0.4, 0.5) is 14.9 Å². The molecule has 3 rings (SSSR count). The molecular weight excluding hydrogens is 431 g/mol. The number of carboxylic acid groups (broad SMARTS) is 2. The molecule has 1 aliphatic rings. The van der Waals surface area contributed by atoms with Gasteiger partial charge in [-0.1, -0.05) is 12.1 Å². The average Bonchev–Trinajstić information content (AvgIpc) is 2.96. The number of halogens is 1. The van der Waals surface area contributed by atoms with Gasteiger partial charge in [-0.15, -0.1) is 0 Å². The summed E-state index contributed by atoms with van der Waals surface area (Å²) in [6, 6.07) is 8.26. The van der Waals surface area contributed by atoms with Crippen molar-refractivity contribution < 1.29 is 38.6 Å². The Morgan fingerprint density at radius 1 is 1.00 bits per heavy atom. The second kappa shape index (κ2) is 8.79. The minimum absolute atomic E-state index is 0.0467. The van der Waals surface area contributed by atoms with Crippen molar-refractivity contribution in [1.82, 2.24) is 4.90 Å². The van der Waals surface area contributed by atoms with Gasteiger partial charge in [0.05, 0.1) is 16.0 Å². The summed E-state index contributed by atoms with van der Waals surface area (Å²) in [7, 11) is 0. The summed E-state index contributed by atoms with van der Waals surface area (Å²) in [6.45, 7) is -0.662. The number of imide groups is 1. The molecule has 0 radical (unpaired) electrons. The lowest BCUT2D eigenvalue weighted by molar-refractivity contribution is -0.127. The first-order valence-corrected chi connectivity index (χ1v) is 9.38.